The molecule has 2 heterocycles. The second-order valence-electron chi connectivity index (χ2n) is 6.42. The normalized spacial score (nSPS) is 15.9. The molecule has 0 aliphatic heterocycles. The summed E-state index contributed by atoms with van der Waals surface area (Å²) in [6.45, 7) is 1.99. The molecule has 0 bridgehead atoms. The van der Waals surface area contributed by atoms with E-state index in [0.29, 0.717) is 18.1 Å². The molecule has 1 saturated carbocycles. The van der Waals surface area contributed by atoms with E-state index in [-0.39, 0.29) is 12.4 Å². The van der Waals surface area contributed by atoms with Crippen molar-refractivity contribution >= 4 is 12.4 Å². The summed E-state index contributed by atoms with van der Waals surface area (Å²) in [6.07, 6.45) is 4.52. The molecule has 0 unspecified atom stereocenters. The van der Waals surface area contributed by atoms with Crippen LogP contribution in [0.1, 0.15) is 48.8 Å². The van der Waals surface area contributed by atoms with Crippen molar-refractivity contribution < 1.29 is 4.52 Å². The van der Waals surface area contributed by atoms with Gasteiger partial charge in [0, 0.05) is 0 Å². The van der Waals surface area contributed by atoms with E-state index >= 15 is 0 Å². The summed E-state index contributed by atoms with van der Waals surface area (Å²) in [5.74, 6) is 1.15. The molecular formula is C17H21ClN6O. The Morgan fingerprint density at radius 1 is 1.20 bits per heavy atom. The van der Waals surface area contributed by atoms with E-state index in [2.05, 4.69) is 20.5 Å². The molecule has 7 nitrogen and oxygen atoms in total. The lowest BCUT2D eigenvalue weighted by Crippen LogP contribution is -2.34. The molecule has 4 rings (SSSR count). The summed E-state index contributed by atoms with van der Waals surface area (Å²) in [4.78, 5) is 4.50. The van der Waals surface area contributed by atoms with Crippen LogP contribution < -0.4 is 5.73 Å². The van der Waals surface area contributed by atoms with E-state index in [0.717, 1.165) is 42.8 Å². The number of halogens is 1. The summed E-state index contributed by atoms with van der Waals surface area (Å²) in [5.41, 5.74) is 8.71. The van der Waals surface area contributed by atoms with Crippen molar-refractivity contribution in [1.29, 1.82) is 0 Å². The second kappa shape index (κ2) is 6.93. The largest absolute Gasteiger partial charge is 0.339 e. The minimum absolute atomic E-state index is 0. The number of aromatic nitrogens is 5. The first-order chi connectivity index (χ1) is 11.7. The van der Waals surface area contributed by atoms with Gasteiger partial charge in [-0.3, -0.25) is 0 Å². The van der Waals surface area contributed by atoms with Crippen molar-refractivity contribution in [3.63, 3.8) is 0 Å². The zero-order valence-electron chi connectivity index (χ0n) is 14.1. The number of hydrogen-bond donors (Lipinski definition) is 1. The van der Waals surface area contributed by atoms with E-state index in [1.165, 1.54) is 0 Å². The van der Waals surface area contributed by atoms with Crippen LogP contribution in [0.3, 0.4) is 0 Å². The molecule has 132 valence electrons. The topological polar surface area (TPSA) is 95.7 Å². The second-order valence-corrected chi connectivity index (χ2v) is 6.42. The van der Waals surface area contributed by atoms with Crippen LogP contribution in [0.5, 0.6) is 0 Å². The van der Waals surface area contributed by atoms with Crippen LogP contribution in [-0.4, -0.2) is 25.1 Å². The molecular weight excluding hydrogens is 340 g/mol. The van der Waals surface area contributed by atoms with Gasteiger partial charge in [-0.25, -0.2) is 4.68 Å². The van der Waals surface area contributed by atoms with Crippen LogP contribution in [0, 0.1) is 6.92 Å². The summed E-state index contributed by atoms with van der Waals surface area (Å²) in [7, 11) is 0. The van der Waals surface area contributed by atoms with E-state index in [9.17, 15) is 0 Å². The predicted octanol–water partition coefficient (Wildman–Crippen LogP) is 2.70. The molecule has 3 aromatic rings. The fourth-order valence-corrected chi connectivity index (χ4v) is 3.24. The Morgan fingerprint density at radius 2 is 1.92 bits per heavy atom. The Bertz CT molecular complexity index is 838. The first kappa shape index (κ1) is 17.6. The average molecular weight is 361 g/mol. The van der Waals surface area contributed by atoms with Crippen molar-refractivity contribution in [1.82, 2.24) is 25.1 Å². The Kier molecular flexibility index (Phi) is 4.87. The Balaban J connectivity index is 0.00000182. The maximum absolute atomic E-state index is 6.38. The summed E-state index contributed by atoms with van der Waals surface area (Å²) in [5, 5.41) is 12.6. The van der Waals surface area contributed by atoms with Crippen molar-refractivity contribution in [3.8, 4) is 5.69 Å². The maximum Gasteiger partial charge on any atom is 0.232 e. The van der Waals surface area contributed by atoms with Gasteiger partial charge >= 0.3 is 0 Å². The number of benzene rings is 1. The van der Waals surface area contributed by atoms with Gasteiger partial charge in [0.1, 0.15) is 0 Å². The molecule has 2 aromatic heterocycles. The van der Waals surface area contributed by atoms with E-state index in [1.807, 2.05) is 41.9 Å². The Morgan fingerprint density at radius 3 is 2.64 bits per heavy atom. The van der Waals surface area contributed by atoms with Crippen molar-refractivity contribution in [2.24, 2.45) is 5.73 Å². The predicted molar refractivity (Wildman–Crippen MR) is 94.8 cm³/mol. The fraction of sp³-hybridized carbons (Fsp3) is 0.412. The SMILES string of the molecule is Cc1c(Cc2nc(C3(N)CCCC3)no2)nnn1-c1ccccc1.Cl. The van der Waals surface area contributed by atoms with Crippen molar-refractivity contribution in [2.45, 2.75) is 44.6 Å². The first-order valence-corrected chi connectivity index (χ1v) is 8.24. The highest BCUT2D eigenvalue weighted by Gasteiger charge is 2.36. The zero-order valence-corrected chi connectivity index (χ0v) is 14.9. The van der Waals surface area contributed by atoms with Gasteiger partial charge in [0.05, 0.1) is 29.0 Å². The van der Waals surface area contributed by atoms with Crippen LogP contribution >= 0.6 is 12.4 Å². The van der Waals surface area contributed by atoms with E-state index in [4.69, 9.17) is 10.3 Å². The van der Waals surface area contributed by atoms with E-state index in [1.54, 1.807) is 0 Å². The highest BCUT2D eigenvalue weighted by Crippen LogP contribution is 2.34. The highest BCUT2D eigenvalue weighted by molar-refractivity contribution is 5.85. The highest BCUT2D eigenvalue weighted by atomic mass is 35.5. The quantitative estimate of drug-likeness (QED) is 0.768. The zero-order chi connectivity index (χ0) is 16.6. The molecule has 0 spiro atoms. The molecule has 0 atom stereocenters. The molecule has 2 N–H and O–H groups in total. The minimum Gasteiger partial charge on any atom is -0.339 e. The lowest BCUT2D eigenvalue weighted by atomic mass is 9.99. The third kappa shape index (κ3) is 3.29. The molecule has 0 saturated heterocycles. The van der Waals surface area contributed by atoms with Crippen LogP contribution in [0.25, 0.3) is 5.69 Å². The van der Waals surface area contributed by atoms with Gasteiger partial charge in [-0.05, 0) is 31.9 Å². The molecule has 1 aliphatic rings. The molecule has 25 heavy (non-hydrogen) atoms. The minimum atomic E-state index is -0.432. The van der Waals surface area contributed by atoms with Gasteiger partial charge in [-0.15, -0.1) is 17.5 Å². The lowest BCUT2D eigenvalue weighted by molar-refractivity contribution is 0.351. The molecule has 1 aliphatic carbocycles. The first-order valence-electron chi connectivity index (χ1n) is 8.24. The van der Waals surface area contributed by atoms with Gasteiger partial charge in [0.25, 0.3) is 0 Å². The average Bonchev–Trinajstić information content (AvgIpc) is 3.31. The summed E-state index contributed by atoms with van der Waals surface area (Å²) < 4.78 is 7.21. The monoisotopic (exact) mass is 360 g/mol. The van der Waals surface area contributed by atoms with Crippen molar-refractivity contribution in [2.75, 3.05) is 0 Å². The van der Waals surface area contributed by atoms with Crippen LogP contribution in [-0.2, 0) is 12.0 Å². The lowest BCUT2D eigenvalue weighted by Gasteiger charge is -2.17. The number of nitrogens with two attached hydrogens (primary N) is 1. The number of rotatable bonds is 4. The molecule has 0 amide bonds. The molecule has 1 aromatic carbocycles. The smallest absolute Gasteiger partial charge is 0.232 e. The number of para-hydroxylation sites is 1. The molecule has 8 heteroatoms. The van der Waals surface area contributed by atoms with Crippen LogP contribution in [0.15, 0.2) is 34.9 Å². The third-order valence-electron chi connectivity index (χ3n) is 4.72. The van der Waals surface area contributed by atoms with Crippen LogP contribution in [0.2, 0.25) is 0 Å². The molecule has 1 fully saturated rings. The summed E-state index contributed by atoms with van der Waals surface area (Å²) >= 11 is 0. The maximum atomic E-state index is 6.38. The fourth-order valence-electron chi connectivity index (χ4n) is 3.24. The molecule has 0 radical (unpaired) electrons. The van der Waals surface area contributed by atoms with Gasteiger partial charge in [0.2, 0.25) is 5.89 Å². The number of nitrogens with zero attached hydrogens (tertiary/aromatic N) is 5. The Hall–Kier alpha value is -2.25. The van der Waals surface area contributed by atoms with Gasteiger partial charge in [0.15, 0.2) is 5.82 Å². The van der Waals surface area contributed by atoms with Gasteiger partial charge in [-0.1, -0.05) is 41.4 Å². The summed E-state index contributed by atoms with van der Waals surface area (Å²) in [6, 6.07) is 9.91. The standard InChI is InChI=1S/C17H20N6O.ClH/c1-12-14(20-22-23(12)13-7-3-2-4-8-13)11-15-19-16(21-24-15)17(18)9-5-6-10-17;/h2-4,7-8H,5-6,9-11,18H2,1H3;1H. The number of hydrogen-bond acceptors (Lipinski definition) is 6. The van der Waals surface area contributed by atoms with Crippen molar-refractivity contribution in [3.05, 3.63) is 53.4 Å². The Labute approximate surface area is 152 Å². The van der Waals surface area contributed by atoms with Gasteiger partial charge in [-0.2, -0.15) is 4.98 Å². The van der Waals surface area contributed by atoms with Crippen LogP contribution in [0.4, 0.5) is 0 Å². The van der Waals surface area contributed by atoms with E-state index < -0.39 is 5.54 Å². The third-order valence-corrected chi connectivity index (χ3v) is 4.72. The van der Waals surface area contributed by atoms with Gasteiger partial charge < -0.3 is 10.3 Å².